The molecule has 0 aliphatic heterocycles. The molecular weight excluding hydrogens is 177 g/mol. The first-order valence-corrected chi connectivity index (χ1v) is 5.14. The van der Waals surface area contributed by atoms with Crippen LogP contribution in [0.2, 0.25) is 0 Å². The fraction of sp³-hybridized carbons (Fsp3) is 0.545. The zero-order chi connectivity index (χ0) is 10.2. The van der Waals surface area contributed by atoms with Crippen LogP contribution in [0.25, 0.3) is 0 Å². The van der Waals surface area contributed by atoms with E-state index in [-0.39, 0.29) is 5.41 Å². The summed E-state index contributed by atoms with van der Waals surface area (Å²) in [6.45, 7) is 10.8. The molecule has 1 rings (SSSR count). The quantitative estimate of drug-likeness (QED) is 0.579. The summed E-state index contributed by atoms with van der Waals surface area (Å²) in [6, 6.07) is 2.19. The molecule has 0 N–H and O–H groups in total. The van der Waals surface area contributed by atoms with Gasteiger partial charge >= 0.3 is 0 Å². The van der Waals surface area contributed by atoms with E-state index in [1.807, 2.05) is 0 Å². The lowest BCUT2D eigenvalue weighted by Crippen LogP contribution is -2.18. The molecule has 1 atom stereocenters. The van der Waals surface area contributed by atoms with Crippen molar-refractivity contribution in [1.82, 2.24) is 4.98 Å². The predicted molar refractivity (Wildman–Crippen MR) is 61.8 cm³/mol. The van der Waals surface area contributed by atoms with E-state index in [9.17, 15) is 0 Å². The smallest absolute Gasteiger partial charge is 0.0489 e. The number of aromatic nitrogens is 1. The summed E-state index contributed by atoms with van der Waals surface area (Å²) in [4.78, 5) is 4.62. The third-order valence-electron chi connectivity index (χ3n) is 2.15. The molecule has 1 aromatic heterocycles. The molecule has 0 spiro atoms. The van der Waals surface area contributed by atoms with Crippen LogP contribution in [0.15, 0.2) is 6.07 Å². The van der Waals surface area contributed by atoms with Gasteiger partial charge in [0, 0.05) is 16.8 Å². The molecule has 0 amide bonds. The highest BCUT2D eigenvalue weighted by Crippen LogP contribution is 2.23. The number of nitrogens with zero attached hydrogens (tertiary/aromatic N) is 1. The van der Waals surface area contributed by atoms with E-state index in [4.69, 9.17) is 0 Å². The highest BCUT2D eigenvalue weighted by Gasteiger charge is 2.18. The maximum atomic E-state index is 4.62. The zero-order valence-electron chi connectivity index (χ0n) is 9.10. The average Bonchev–Trinajstić information content (AvgIpc) is 1.94. The normalized spacial score (nSPS) is 11.8. The van der Waals surface area contributed by atoms with Gasteiger partial charge in [0.25, 0.3) is 0 Å². The van der Waals surface area contributed by atoms with Gasteiger partial charge in [-0.2, -0.15) is 0 Å². The van der Waals surface area contributed by atoms with E-state index in [2.05, 4.69) is 54.9 Å². The maximum absolute atomic E-state index is 4.62. The van der Waals surface area contributed by atoms with Crippen LogP contribution in [-0.2, 0) is 5.41 Å². The number of pyridine rings is 1. The van der Waals surface area contributed by atoms with Crippen molar-refractivity contribution in [2.75, 3.05) is 0 Å². The van der Waals surface area contributed by atoms with Gasteiger partial charge in [-0.3, -0.25) is 4.98 Å². The number of hydrogen-bond donors (Lipinski definition) is 0. The highest BCUT2D eigenvalue weighted by atomic mass is 31.0. The molecule has 0 saturated heterocycles. The standard InChI is InChI=1S/C11H18NP/c1-7-6-9(13)8(2)12-10(7)11(3,4)5/h6H,13H2,1-5H3. The van der Waals surface area contributed by atoms with Gasteiger partial charge in [0.05, 0.1) is 0 Å². The zero-order valence-corrected chi connectivity index (χ0v) is 10.3. The van der Waals surface area contributed by atoms with Crippen molar-refractivity contribution >= 4 is 14.5 Å². The van der Waals surface area contributed by atoms with Crippen molar-refractivity contribution in [3.05, 3.63) is 23.0 Å². The van der Waals surface area contributed by atoms with Crippen LogP contribution >= 0.6 is 9.24 Å². The van der Waals surface area contributed by atoms with Crippen LogP contribution in [0, 0.1) is 13.8 Å². The highest BCUT2D eigenvalue weighted by molar-refractivity contribution is 7.27. The third kappa shape index (κ3) is 2.28. The van der Waals surface area contributed by atoms with Crippen molar-refractivity contribution in [2.45, 2.75) is 40.0 Å². The second-order valence-electron chi connectivity index (χ2n) is 4.58. The first kappa shape index (κ1) is 10.7. The molecule has 1 unspecified atom stereocenters. The van der Waals surface area contributed by atoms with Gasteiger partial charge in [-0.25, -0.2) is 0 Å². The van der Waals surface area contributed by atoms with E-state index in [0.29, 0.717) is 0 Å². The van der Waals surface area contributed by atoms with E-state index < -0.39 is 0 Å². The lowest BCUT2D eigenvalue weighted by Gasteiger charge is -2.21. The molecule has 0 aliphatic carbocycles. The van der Waals surface area contributed by atoms with Crippen LogP contribution in [0.4, 0.5) is 0 Å². The molecule has 0 bridgehead atoms. The average molecular weight is 195 g/mol. The Labute approximate surface area is 83.2 Å². The Balaban J connectivity index is 3.32. The van der Waals surface area contributed by atoms with Crippen molar-refractivity contribution in [3.63, 3.8) is 0 Å². The van der Waals surface area contributed by atoms with Crippen LogP contribution in [-0.4, -0.2) is 4.98 Å². The minimum atomic E-state index is 0.146. The second kappa shape index (κ2) is 3.38. The monoisotopic (exact) mass is 195 g/mol. The van der Waals surface area contributed by atoms with Crippen molar-refractivity contribution < 1.29 is 0 Å². The fourth-order valence-electron chi connectivity index (χ4n) is 1.49. The predicted octanol–water partition coefficient (Wildman–Crippen LogP) is 2.50. The first-order valence-electron chi connectivity index (χ1n) is 4.56. The molecule has 1 heterocycles. The van der Waals surface area contributed by atoms with Gasteiger partial charge in [0.2, 0.25) is 0 Å². The van der Waals surface area contributed by atoms with Crippen LogP contribution in [0.5, 0.6) is 0 Å². The lowest BCUT2D eigenvalue weighted by atomic mass is 9.88. The minimum Gasteiger partial charge on any atom is -0.257 e. The lowest BCUT2D eigenvalue weighted by molar-refractivity contribution is 0.563. The first-order chi connectivity index (χ1) is 5.82. The molecule has 0 aromatic carbocycles. The molecule has 2 heteroatoms. The summed E-state index contributed by atoms with van der Waals surface area (Å²) in [5.74, 6) is 0. The molecule has 72 valence electrons. The van der Waals surface area contributed by atoms with E-state index >= 15 is 0 Å². The Morgan fingerprint density at radius 2 is 1.77 bits per heavy atom. The van der Waals surface area contributed by atoms with E-state index in [0.717, 1.165) is 5.69 Å². The Kier molecular flexibility index (Phi) is 2.77. The Bertz CT molecular complexity index is 324. The number of aryl methyl sites for hydroxylation is 2. The number of hydrogen-bond acceptors (Lipinski definition) is 1. The summed E-state index contributed by atoms with van der Waals surface area (Å²) in [5, 5.41) is 1.20. The van der Waals surface area contributed by atoms with Crippen molar-refractivity contribution in [3.8, 4) is 0 Å². The van der Waals surface area contributed by atoms with Crippen LogP contribution < -0.4 is 5.30 Å². The second-order valence-corrected chi connectivity index (χ2v) is 5.20. The van der Waals surface area contributed by atoms with Gasteiger partial charge in [-0.15, -0.1) is 9.24 Å². The molecule has 0 aliphatic rings. The Morgan fingerprint density at radius 3 is 2.23 bits per heavy atom. The van der Waals surface area contributed by atoms with Gasteiger partial charge in [0.1, 0.15) is 0 Å². The Morgan fingerprint density at radius 1 is 1.23 bits per heavy atom. The topological polar surface area (TPSA) is 12.9 Å². The molecule has 13 heavy (non-hydrogen) atoms. The SMILES string of the molecule is Cc1cc(P)c(C)nc1C(C)(C)C. The van der Waals surface area contributed by atoms with Crippen LogP contribution in [0.1, 0.15) is 37.7 Å². The maximum Gasteiger partial charge on any atom is 0.0489 e. The summed E-state index contributed by atoms with van der Waals surface area (Å²) >= 11 is 0. The van der Waals surface area contributed by atoms with Gasteiger partial charge in [-0.05, 0) is 30.8 Å². The van der Waals surface area contributed by atoms with Gasteiger partial charge in [0.15, 0.2) is 0 Å². The van der Waals surface area contributed by atoms with Gasteiger partial charge < -0.3 is 0 Å². The fourth-order valence-corrected chi connectivity index (χ4v) is 1.80. The largest absolute Gasteiger partial charge is 0.257 e. The van der Waals surface area contributed by atoms with Crippen molar-refractivity contribution in [1.29, 1.82) is 0 Å². The molecule has 1 aromatic rings. The van der Waals surface area contributed by atoms with Gasteiger partial charge in [-0.1, -0.05) is 20.8 Å². The Hall–Kier alpha value is -0.420. The number of rotatable bonds is 0. The minimum absolute atomic E-state index is 0.146. The summed E-state index contributed by atoms with van der Waals surface area (Å²) in [5.41, 5.74) is 3.74. The summed E-state index contributed by atoms with van der Waals surface area (Å²) in [7, 11) is 2.72. The van der Waals surface area contributed by atoms with E-state index in [1.165, 1.54) is 16.6 Å². The molecule has 1 nitrogen and oxygen atoms in total. The molecule has 0 fully saturated rings. The summed E-state index contributed by atoms with van der Waals surface area (Å²) < 4.78 is 0. The molecular formula is C11H18NP. The van der Waals surface area contributed by atoms with E-state index in [1.54, 1.807) is 0 Å². The molecule has 0 radical (unpaired) electrons. The molecule has 0 saturated carbocycles. The summed E-state index contributed by atoms with van der Waals surface area (Å²) in [6.07, 6.45) is 0. The van der Waals surface area contributed by atoms with Crippen molar-refractivity contribution in [2.24, 2.45) is 0 Å². The third-order valence-corrected chi connectivity index (χ3v) is 2.74. The van der Waals surface area contributed by atoms with Crippen LogP contribution in [0.3, 0.4) is 0 Å².